The van der Waals surface area contributed by atoms with Gasteiger partial charge in [-0.1, -0.05) is 25.1 Å². The van der Waals surface area contributed by atoms with Crippen molar-refractivity contribution < 1.29 is 18.4 Å². The Bertz CT molecular complexity index is 1040. The molecule has 4 rings (SSSR count). The molecule has 29 heavy (non-hydrogen) atoms. The molecule has 1 aliphatic rings. The monoisotopic (exact) mass is 397 g/mol. The Morgan fingerprint density at radius 1 is 1.24 bits per heavy atom. The van der Waals surface area contributed by atoms with Gasteiger partial charge in [0.1, 0.15) is 29.7 Å². The number of fused-ring (bicyclic) bond motifs is 1. The van der Waals surface area contributed by atoms with Crippen LogP contribution in [0.2, 0.25) is 0 Å². The fraction of sp³-hybridized carbons (Fsp3) is 0.348. The van der Waals surface area contributed by atoms with Gasteiger partial charge in [-0.15, -0.1) is 0 Å². The first-order valence-corrected chi connectivity index (χ1v) is 9.94. The smallest absolute Gasteiger partial charge is 0.280 e. The largest absolute Gasteiger partial charge is 0.493 e. The summed E-state index contributed by atoms with van der Waals surface area (Å²) in [6, 6.07) is 12.4. The van der Waals surface area contributed by atoms with Crippen molar-refractivity contribution in [2.45, 2.75) is 39.2 Å². The molecule has 0 spiro atoms. The molecule has 3 aromatic rings. The SMILES string of the molecule is CCc1cccc(F)c1COc1ccc2c(c1)OC[C@@H](CCc1cc(=O)[nH]o1)C2. The minimum absolute atomic E-state index is 0.194. The lowest BCUT2D eigenvalue weighted by Crippen LogP contribution is -2.21. The van der Waals surface area contributed by atoms with Crippen LogP contribution < -0.4 is 15.0 Å². The summed E-state index contributed by atoms with van der Waals surface area (Å²) in [7, 11) is 0. The predicted octanol–water partition coefficient (Wildman–Crippen LogP) is 4.43. The molecule has 0 bridgehead atoms. The lowest BCUT2D eigenvalue weighted by molar-refractivity contribution is 0.209. The predicted molar refractivity (Wildman–Crippen MR) is 107 cm³/mol. The quantitative estimate of drug-likeness (QED) is 0.641. The number of nitrogens with one attached hydrogen (secondary N) is 1. The van der Waals surface area contributed by atoms with E-state index >= 15 is 0 Å². The summed E-state index contributed by atoms with van der Waals surface area (Å²) in [5.74, 6) is 2.28. The molecular formula is C23H24FNO4. The number of benzene rings is 2. The van der Waals surface area contributed by atoms with Gasteiger partial charge in [0.2, 0.25) is 0 Å². The van der Waals surface area contributed by atoms with E-state index in [2.05, 4.69) is 5.16 Å². The Kier molecular flexibility index (Phi) is 5.69. The number of aryl methyl sites for hydroxylation is 2. The van der Waals surface area contributed by atoms with Crippen molar-refractivity contribution in [1.29, 1.82) is 0 Å². The number of aromatic nitrogens is 1. The van der Waals surface area contributed by atoms with Crippen LogP contribution in [0.5, 0.6) is 11.5 Å². The van der Waals surface area contributed by atoms with Crippen LogP contribution in [-0.4, -0.2) is 11.8 Å². The minimum atomic E-state index is -0.236. The average molecular weight is 397 g/mol. The summed E-state index contributed by atoms with van der Waals surface area (Å²) >= 11 is 0. The summed E-state index contributed by atoms with van der Waals surface area (Å²) < 4.78 is 31.0. The second-order valence-corrected chi connectivity index (χ2v) is 7.39. The summed E-state index contributed by atoms with van der Waals surface area (Å²) in [5, 5.41) is 2.31. The summed E-state index contributed by atoms with van der Waals surface area (Å²) in [5.41, 5.74) is 2.48. The molecule has 0 radical (unpaired) electrons. The summed E-state index contributed by atoms with van der Waals surface area (Å²) in [6.07, 6.45) is 3.24. The fourth-order valence-electron chi connectivity index (χ4n) is 3.73. The number of halogens is 1. The van der Waals surface area contributed by atoms with E-state index in [1.165, 1.54) is 12.1 Å². The van der Waals surface area contributed by atoms with Crippen LogP contribution in [-0.2, 0) is 25.9 Å². The van der Waals surface area contributed by atoms with Gasteiger partial charge < -0.3 is 14.0 Å². The first kappa shape index (κ1) is 19.3. The first-order chi connectivity index (χ1) is 14.1. The maximum Gasteiger partial charge on any atom is 0.280 e. The zero-order valence-corrected chi connectivity index (χ0v) is 16.4. The molecule has 0 aliphatic carbocycles. The highest BCUT2D eigenvalue weighted by atomic mass is 19.1. The molecule has 152 valence electrons. The maximum absolute atomic E-state index is 14.1. The molecule has 1 aliphatic heterocycles. The highest BCUT2D eigenvalue weighted by Gasteiger charge is 2.21. The number of H-pyrrole nitrogens is 1. The number of aromatic amines is 1. The van der Waals surface area contributed by atoms with Crippen LogP contribution in [0.15, 0.2) is 51.8 Å². The van der Waals surface area contributed by atoms with Crippen molar-refractivity contribution in [2.24, 2.45) is 5.92 Å². The lowest BCUT2D eigenvalue weighted by Gasteiger charge is -2.25. The van der Waals surface area contributed by atoms with Crippen LogP contribution in [0.4, 0.5) is 4.39 Å². The van der Waals surface area contributed by atoms with Gasteiger partial charge in [-0.05, 0) is 48.4 Å². The van der Waals surface area contributed by atoms with Gasteiger partial charge >= 0.3 is 0 Å². The number of hydrogen-bond donors (Lipinski definition) is 1. The minimum Gasteiger partial charge on any atom is -0.493 e. The Balaban J connectivity index is 1.37. The van der Waals surface area contributed by atoms with E-state index in [-0.39, 0.29) is 18.0 Å². The molecule has 2 heterocycles. The van der Waals surface area contributed by atoms with Gasteiger partial charge in [0, 0.05) is 24.1 Å². The van der Waals surface area contributed by atoms with E-state index in [0.717, 1.165) is 36.1 Å². The standard InChI is InChI=1S/C23H24FNO4/c1-2-16-4-3-5-21(24)20(16)14-27-18-9-7-17-10-15(13-28-22(17)11-18)6-8-19-12-23(26)25-29-19/h3-5,7,9,11-12,15H,2,6,8,10,13-14H2,1H3,(H,25,26)/t15-/m0/s1. The van der Waals surface area contributed by atoms with Gasteiger partial charge in [-0.2, -0.15) is 5.16 Å². The van der Waals surface area contributed by atoms with E-state index in [0.29, 0.717) is 36.0 Å². The molecule has 0 saturated heterocycles. The van der Waals surface area contributed by atoms with Crippen LogP contribution >= 0.6 is 0 Å². The van der Waals surface area contributed by atoms with Gasteiger partial charge in [0.25, 0.3) is 5.56 Å². The van der Waals surface area contributed by atoms with Crippen molar-refractivity contribution in [3.63, 3.8) is 0 Å². The van der Waals surface area contributed by atoms with E-state index < -0.39 is 0 Å². The second-order valence-electron chi connectivity index (χ2n) is 7.39. The van der Waals surface area contributed by atoms with Gasteiger partial charge in [-0.25, -0.2) is 4.39 Å². The van der Waals surface area contributed by atoms with E-state index in [9.17, 15) is 9.18 Å². The maximum atomic E-state index is 14.1. The molecule has 1 atom stereocenters. The van der Waals surface area contributed by atoms with Crippen molar-refractivity contribution in [2.75, 3.05) is 6.61 Å². The fourth-order valence-corrected chi connectivity index (χ4v) is 3.73. The van der Waals surface area contributed by atoms with E-state index in [1.54, 1.807) is 6.07 Å². The summed E-state index contributed by atoms with van der Waals surface area (Å²) in [4.78, 5) is 11.1. The molecule has 1 aromatic heterocycles. The molecule has 0 saturated carbocycles. The molecule has 0 amide bonds. The third kappa shape index (κ3) is 4.53. The van der Waals surface area contributed by atoms with Crippen LogP contribution in [0, 0.1) is 11.7 Å². The van der Waals surface area contributed by atoms with Crippen LogP contribution in [0.3, 0.4) is 0 Å². The highest BCUT2D eigenvalue weighted by Crippen LogP contribution is 2.33. The third-order valence-corrected chi connectivity index (χ3v) is 5.38. The number of ether oxygens (including phenoxy) is 2. The van der Waals surface area contributed by atoms with Crippen LogP contribution in [0.1, 0.15) is 35.8 Å². The lowest BCUT2D eigenvalue weighted by atomic mass is 9.92. The number of hydrogen-bond acceptors (Lipinski definition) is 4. The third-order valence-electron chi connectivity index (χ3n) is 5.38. The van der Waals surface area contributed by atoms with E-state index in [4.69, 9.17) is 14.0 Å². The molecular weight excluding hydrogens is 373 g/mol. The molecule has 1 N–H and O–H groups in total. The Morgan fingerprint density at radius 3 is 2.93 bits per heavy atom. The van der Waals surface area contributed by atoms with Gasteiger partial charge in [0.15, 0.2) is 0 Å². The zero-order chi connectivity index (χ0) is 20.2. The van der Waals surface area contributed by atoms with Crippen molar-refractivity contribution >= 4 is 0 Å². The molecule has 5 nitrogen and oxygen atoms in total. The number of rotatable bonds is 7. The molecule has 6 heteroatoms. The van der Waals surface area contributed by atoms with Crippen molar-refractivity contribution in [1.82, 2.24) is 5.16 Å². The van der Waals surface area contributed by atoms with Gasteiger partial charge in [-0.3, -0.25) is 4.79 Å². The van der Waals surface area contributed by atoms with Crippen molar-refractivity contribution in [3.8, 4) is 11.5 Å². The molecule has 0 unspecified atom stereocenters. The normalized spacial score (nSPS) is 15.6. The van der Waals surface area contributed by atoms with Crippen LogP contribution in [0.25, 0.3) is 0 Å². The van der Waals surface area contributed by atoms with Crippen molar-refractivity contribution in [3.05, 3.63) is 81.1 Å². The topological polar surface area (TPSA) is 64.5 Å². The second kappa shape index (κ2) is 8.55. The Labute approximate surface area is 168 Å². The van der Waals surface area contributed by atoms with Gasteiger partial charge in [0.05, 0.1) is 6.61 Å². The summed E-state index contributed by atoms with van der Waals surface area (Å²) in [6.45, 7) is 2.81. The zero-order valence-electron chi connectivity index (χ0n) is 16.4. The Morgan fingerprint density at radius 2 is 2.14 bits per heavy atom. The Hall–Kier alpha value is -3.02. The average Bonchev–Trinajstić information content (AvgIpc) is 3.16. The first-order valence-electron chi connectivity index (χ1n) is 9.94. The van der Waals surface area contributed by atoms with E-state index in [1.807, 2.05) is 31.2 Å². The molecule has 0 fully saturated rings. The highest BCUT2D eigenvalue weighted by molar-refractivity contribution is 5.42. The molecule has 2 aromatic carbocycles.